The molecule has 5 nitrogen and oxygen atoms in total. The van der Waals surface area contributed by atoms with E-state index in [-0.39, 0.29) is 11.8 Å². The van der Waals surface area contributed by atoms with Gasteiger partial charge in [0, 0.05) is 17.2 Å². The van der Waals surface area contributed by atoms with Crippen LogP contribution in [0.2, 0.25) is 0 Å². The maximum atomic E-state index is 13.1. The number of aromatic amines is 1. The average molecular weight is 394 g/mol. The molecule has 3 aromatic carbocycles. The number of ketones is 1. The van der Waals surface area contributed by atoms with E-state index < -0.39 is 0 Å². The third-order valence-electron chi connectivity index (χ3n) is 5.45. The molecule has 0 radical (unpaired) electrons. The summed E-state index contributed by atoms with van der Waals surface area (Å²) in [5, 5.41) is 0. The maximum Gasteiger partial charge on any atom is 0.228 e. The summed E-state index contributed by atoms with van der Waals surface area (Å²) < 4.78 is 0. The average Bonchev–Trinajstić information content (AvgIpc) is 3.32. The number of fused-ring (bicyclic) bond motifs is 4. The van der Waals surface area contributed by atoms with E-state index in [9.17, 15) is 4.79 Å². The zero-order valence-corrected chi connectivity index (χ0v) is 16.9. The first-order valence-electron chi connectivity index (χ1n) is 10.1. The van der Waals surface area contributed by atoms with Gasteiger partial charge in [0.2, 0.25) is 5.78 Å². The van der Waals surface area contributed by atoms with Gasteiger partial charge in [-0.3, -0.25) is 9.79 Å². The minimum Gasteiger partial charge on any atom is -0.383 e. The van der Waals surface area contributed by atoms with Crippen LogP contribution in [0.15, 0.2) is 65.7 Å². The van der Waals surface area contributed by atoms with Crippen LogP contribution in [-0.2, 0) is 6.42 Å². The van der Waals surface area contributed by atoms with Crippen LogP contribution in [0, 0.1) is 0 Å². The summed E-state index contributed by atoms with van der Waals surface area (Å²) in [5.41, 5.74) is 14.0. The number of benzene rings is 3. The molecule has 1 heterocycles. The lowest BCUT2D eigenvalue weighted by atomic mass is 10.0. The van der Waals surface area contributed by atoms with Crippen molar-refractivity contribution in [2.45, 2.75) is 26.3 Å². The molecule has 30 heavy (non-hydrogen) atoms. The fourth-order valence-electron chi connectivity index (χ4n) is 4.05. The standard InChI is InChI=1S/C25H22N4O/c1-14(2)27-24(26)17-8-10-21-22(13-17)29-25(28-21)23(30)16-7-9-20-18(12-16)11-15-5-3-4-6-19(15)20/h3-10,12-14H,11H2,1-2H3,(H2,26,27)(H,28,29). The van der Waals surface area contributed by atoms with Gasteiger partial charge in [-0.05, 0) is 66.8 Å². The van der Waals surface area contributed by atoms with Gasteiger partial charge in [0.05, 0.1) is 11.0 Å². The second-order valence-corrected chi connectivity index (χ2v) is 7.96. The number of nitrogens with zero attached hydrogens (tertiary/aromatic N) is 2. The molecule has 0 saturated heterocycles. The summed E-state index contributed by atoms with van der Waals surface area (Å²) in [6.45, 7) is 3.96. The van der Waals surface area contributed by atoms with Crippen LogP contribution >= 0.6 is 0 Å². The first kappa shape index (κ1) is 18.3. The SMILES string of the molecule is CC(C)N=C(N)c1ccc2nc(C(=O)c3ccc4c(c3)Cc3ccccc3-4)[nH]c2c1. The number of hydrogen-bond donors (Lipinski definition) is 2. The van der Waals surface area contributed by atoms with Gasteiger partial charge in [0.25, 0.3) is 0 Å². The molecule has 0 fully saturated rings. The summed E-state index contributed by atoms with van der Waals surface area (Å²) in [7, 11) is 0. The Morgan fingerprint density at radius 3 is 2.60 bits per heavy atom. The lowest BCUT2D eigenvalue weighted by Gasteiger charge is -2.03. The van der Waals surface area contributed by atoms with Crippen molar-refractivity contribution in [3.63, 3.8) is 0 Å². The van der Waals surface area contributed by atoms with E-state index in [1.165, 1.54) is 22.3 Å². The molecule has 1 aliphatic rings. The first-order valence-corrected chi connectivity index (χ1v) is 10.1. The number of nitrogens with one attached hydrogen (secondary N) is 1. The largest absolute Gasteiger partial charge is 0.383 e. The normalized spacial score (nSPS) is 13.0. The van der Waals surface area contributed by atoms with Crippen molar-refractivity contribution >= 4 is 22.7 Å². The Balaban J connectivity index is 1.47. The lowest BCUT2D eigenvalue weighted by Crippen LogP contribution is -2.15. The molecule has 0 amide bonds. The second kappa shape index (κ2) is 6.95. The van der Waals surface area contributed by atoms with Crippen LogP contribution in [0.3, 0.4) is 0 Å². The summed E-state index contributed by atoms with van der Waals surface area (Å²) >= 11 is 0. The Morgan fingerprint density at radius 1 is 1.00 bits per heavy atom. The van der Waals surface area contributed by atoms with Gasteiger partial charge in [-0.2, -0.15) is 0 Å². The molecule has 1 aromatic heterocycles. The molecule has 0 saturated carbocycles. The predicted molar refractivity (Wildman–Crippen MR) is 120 cm³/mol. The van der Waals surface area contributed by atoms with Crippen LogP contribution in [-0.4, -0.2) is 27.6 Å². The third kappa shape index (κ3) is 3.08. The number of rotatable bonds is 4. The Bertz CT molecular complexity index is 1330. The number of nitrogens with two attached hydrogens (primary N) is 1. The van der Waals surface area contributed by atoms with Crippen LogP contribution in [0.25, 0.3) is 22.2 Å². The number of carbonyl (C=O) groups excluding carboxylic acids is 1. The van der Waals surface area contributed by atoms with Crippen LogP contribution in [0.4, 0.5) is 0 Å². The molecule has 0 atom stereocenters. The molecule has 1 aliphatic carbocycles. The van der Waals surface area contributed by atoms with Crippen molar-refractivity contribution in [2.75, 3.05) is 0 Å². The molecule has 0 spiro atoms. The van der Waals surface area contributed by atoms with Crippen molar-refractivity contribution in [1.82, 2.24) is 9.97 Å². The molecule has 5 heteroatoms. The van der Waals surface area contributed by atoms with Gasteiger partial charge >= 0.3 is 0 Å². The van der Waals surface area contributed by atoms with E-state index in [0.717, 1.165) is 23.0 Å². The lowest BCUT2D eigenvalue weighted by molar-refractivity contribution is 0.103. The molecule has 148 valence electrons. The number of imidazole rings is 1. The van der Waals surface area contributed by atoms with Crippen LogP contribution < -0.4 is 5.73 Å². The Hall–Kier alpha value is -3.73. The fraction of sp³-hybridized carbons (Fsp3) is 0.160. The highest BCUT2D eigenvalue weighted by Crippen LogP contribution is 2.36. The zero-order valence-electron chi connectivity index (χ0n) is 16.9. The highest BCUT2D eigenvalue weighted by molar-refractivity contribution is 6.09. The summed E-state index contributed by atoms with van der Waals surface area (Å²) in [4.78, 5) is 25.2. The number of amidine groups is 1. The highest BCUT2D eigenvalue weighted by Gasteiger charge is 2.21. The summed E-state index contributed by atoms with van der Waals surface area (Å²) in [6, 6.07) is 20.0. The third-order valence-corrected chi connectivity index (χ3v) is 5.45. The molecule has 4 aromatic rings. The molecule has 0 aliphatic heterocycles. The Labute approximate surface area is 174 Å². The summed E-state index contributed by atoms with van der Waals surface area (Å²) in [6.07, 6.45) is 0.852. The van der Waals surface area contributed by atoms with Crippen LogP contribution in [0.5, 0.6) is 0 Å². The smallest absolute Gasteiger partial charge is 0.228 e. The van der Waals surface area contributed by atoms with E-state index in [0.29, 0.717) is 17.2 Å². The van der Waals surface area contributed by atoms with Gasteiger partial charge in [0.15, 0.2) is 5.82 Å². The number of carbonyl (C=O) groups is 1. The minimum atomic E-state index is -0.115. The molecule has 0 bridgehead atoms. The maximum absolute atomic E-state index is 13.1. The topological polar surface area (TPSA) is 84.1 Å². The van der Waals surface area contributed by atoms with E-state index in [2.05, 4.69) is 33.2 Å². The van der Waals surface area contributed by atoms with Gasteiger partial charge < -0.3 is 10.7 Å². The van der Waals surface area contributed by atoms with E-state index in [4.69, 9.17) is 5.73 Å². The van der Waals surface area contributed by atoms with Crippen molar-refractivity contribution in [3.05, 3.63) is 88.7 Å². The van der Waals surface area contributed by atoms with Gasteiger partial charge in [-0.1, -0.05) is 36.4 Å². The Kier molecular flexibility index (Phi) is 4.24. The molecule has 5 rings (SSSR count). The number of aliphatic imine (C=N–C) groups is 1. The highest BCUT2D eigenvalue weighted by atomic mass is 16.1. The molecular weight excluding hydrogens is 372 g/mol. The van der Waals surface area contributed by atoms with E-state index >= 15 is 0 Å². The molecule has 3 N–H and O–H groups in total. The van der Waals surface area contributed by atoms with Crippen LogP contribution in [0.1, 0.15) is 46.7 Å². The number of aromatic nitrogens is 2. The Morgan fingerprint density at radius 2 is 1.77 bits per heavy atom. The van der Waals surface area contributed by atoms with E-state index in [1.54, 1.807) is 0 Å². The van der Waals surface area contributed by atoms with Gasteiger partial charge in [-0.25, -0.2) is 4.98 Å². The molecule has 0 unspecified atom stereocenters. The van der Waals surface area contributed by atoms with Crippen molar-refractivity contribution < 1.29 is 4.79 Å². The van der Waals surface area contributed by atoms with Crippen molar-refractivity contribution in [2.24, 2.45) is 10.7 Å². The van der Waals surface area contributed by atoms with Gasteiger partial charge in [-0.15, -0.1) is 0 Å². The number of H-pyrrole nitrogens is 1. The van der Waals surface area contributed by atoms with Gasteiger partial charge in [0.1, 0.15) is 5.84 Å². The molecular formula is C25H22N4O. The first-order chi connectivity index (χ1) is 14.5. The zero-order chi connectivity index (χ0) is 20.8. The van der Waals surface area contributed by atoms with Crippen molar-refractivity contribution in [3.8, 4) is 11.1 Å². The predicted octanol–water partition coefficient (Wildman–Crippen LogP) is 4.48. The monoisotopic (exact) mass is 394 g/mol. The second-order valence-electron chi connectivity index (χ2n) is 7.96. The minimum absolute atomic E-state index is 0.115. The fourth-order valence-corrected chi connectivity index (χ4v) is 4.05. The summed E-state index contributed by atoms with van der Waals surface area (Å²) in [5.74, 6) is 0.694. The number of hydrogen-bond acceptors (Lipinski definition) is 3. The quantitative estimate of drug-likeness (QED) is 0.268. The van der Waals surface area contributed by atoms with E-state index in [1.807, 2.05) is 56.3 Å². The van der Waals surface area contributed by atoms with Crippen molar-refractivity contribution in [1.29, 1.82) is 0 Å².